The molecule has 0 aromatic carbocycles. The first-order chi connectivity index (χ1) is 9.26. The normalized spacial score (nSPS) is 23.1. The van der Waals surface area contributed by atoms with Crippen LogP contribution >= 0.6 is 0 Å². The lowest BCUT2D eigenvalue weighted by Gasteiger charge is -2.28. The zero-order chi connectivity index (χ0) is 14.9. The molecule has 0 bridgehead atoms. The summed E-state index contributed by atoms with van der Waals surface area (Å²) in [6.45, 7) is 6.89. The Hall–Kier alpha value is -1.69. The van der Waals surface area contributed by atoms with E-state index in [4.69, 9.17) is 5.11 Å². The van der Waals surface area contributed by atoms with Crippen molar-refractivity contribution in [2.75, 3.05) is 13.1 Å². The molecule has 1 aliphatic rings. The van der Waals surface area contributed by atoms with Crippen LogP contribution in [0.2, 0.25) is 0 Å². The van der Waals surface area contributed by atoms with Crippen LogP contribution < -0.4 is 5.32 Å². The minimum absolute atomic E-state index is 0.0240. The molecule has 2 heterocycles. The molecular weight excluding hydrogens is 261 g/mol. The van der Waals surface area contributed by atoms with E-state index in [1.165, 1.54) is 17.2 Å². The van der Waals surface area contributed by atoms with Gasteiger partial charge in [-0.05, 0) is 32.9 Å². The molecule has 1 aromatic rings. The lowest BCUT2D eigenvalue weighted by molar-refractivity contribution is 0.153. The van der Waals surface area contributed by atoms with Crippen LogP contribution in [0.15, 0.2) is 18.3 Å². The Morgan fingerprint density at radius 2 is 2.15 bits per heavy atom. The largest absolute Gasteiger partial charge is 0.465 e. The number of carbonyl (C=O) groups is 1. The van der Waals surface area contributed by atoms with E-state index in [1.54, 1.807) is 6.07 Å². The third-order valence-corrected chi connectivity index (χ3v) is 3.34. The van der Waals surface area contributed by atoms with Crippen molar-refractivity contribution >= 4 is 6.09 Å². The highest BCUT2D eigenvalue weighted by Crippen LogP contribution is 2.28. The van der Waals surface area contributed by atoms with Crippen LogP contribution in [0.3, 0.4) is 0 Å². The Morgan fingerprint density at radius 3 is 2.65 bits per heavy atom. The van der Waals surface area contributed by atoms with E-state index in [0.717, 1.165) is 5.69 Å². The standard InChI is InChI=1S/C14H20FN3O2/c1-14(2,3)17-12-8-18(13(19)20)7-10(12)11-5-4-9(15)6-16-11/h4-6,10,12,17H,7-8H2,1-3H3,(H,19,20)/t10-,12+/m0/s1. The van der Waals surface area contributed by atoms with Crippen LogP contribution in [0, 0.1) is 5.82 Å². The van der Waals surface area contributed by atoms with Gasteiger partial charge in [0.05, 0.1) is 6.20 Å². The second kappa shape index (κ2) is 5.36. The van der Waals surface area contributed by atoms with E-state index in [9.17, 15) is 9.18 Å². The SMILES string of the molecule is CC(C)(C)N[C@@H]1CN(C(=O)O)C[C@H]1c1ccc(F)cn1. The molecule has 2 N–H and O–H groups in total. The second-order valence-corrected chi connectivity index (χ2v) is 6.20. The highest BCUT2D eigenvalue weighted by molar-refractivity contribution is 5.65. The van der Waals surface area contributed by atoms with Gasteiger partial charge in [0.25, 0.3) is 0 Å². The number of likely N-dealkylation sites (tertiary alicyclic amines) is 1. The minimum Gasteiger partial charge on any atom is -0.465 e. The zero-order valence-corrected chi connectivity index (χ0v) is 11.9. The molecule has 6 heteroatoms. The van der Waals surface area contributed by atoms with Crippen LogP contribution in [0.5, 0.6) is 0 Å². The third kappa shape index (κ3) is 3.45. The predicted molar refractivity (Wildman–Crippen MR) is 73.2 cm³/mol. The van der Waals surface area contributed by atoms with E-state index < -0.39 is 6.09 Å². The molecule has 2 atom stereocenters. The fourth-order valence-electron chi connectivity index (χ4n) is 2.57. The van der Waals surface area contributed by atoms with Crippen LogP contribution in [-0.2, 0) is 0 Å². The number of hydrogen-bond acceptors (Lipinski definition) is 3. The molecule has 0 unspecified atom stereocenters. The molecule has 0 radical (unpaired) electrons. The van der Waals surface area contributed by atoms with Gasteiger partial charge in [-0.3, -0.25) is 4.98 Å². The Labute approximate surface area is 117 Å². The van der Waals surface area contributed by atoms with Crippen molar-refractivity contribution in [3.05, 3.63) is 29.8 Å². The summed E-state index contributed by atoms with van der Waals surface area (Å²) in [4.78, 5) is 16.6. The van der Waals surface area contributed by atoms with Crippen LogP contribution in [0.4, 0.5) is 9.18 Å². The Kier molecular flexibility index (Phi) is 3.94. The molecule has 2 rings (SSSR count). The van der Waals surface area contributed by atoms with Crippen molar-refractivity contribution in [1.29, 1.82) is 0 Å². The van der Waals surface area contributed by atoms with Gasteiger partial charge in [-0.1, -0.05) is 0 Å². The topological polar surface area (TPSA) is 65.5 Å². The van der Waals surface area contributed by atoms with Crippen molar-refractivity contribution in [2.45, 2.75) is 38.3 Å². The number of hydrogen-bond donors (Lipinski definition) is 2. The summed E-state index contributed by atoms with van der Waals surface area (Å²) in [5.41, 5.74) is 0.592. The summed E-state index contributed by atoms with van der Waals surface area (Å²) in [6, 6.07) is 2.96. The van der Waals surface area contributed by atoms with Gasteiger partial charge in [0.2, 0.25) is 0 Å². The van der Waals surface area contributed by atoms with Gasteiger partial charge in [0.1, 0.15) is 5.82 Å². The summed E-state index contributed by atoms with van der Waals surface area (Å²) in [7, 11) is 0. The van der Waals surface area contributed by atoms with E-state index in [-0.39, 0.29) is 23.3 Å². The Balaban J connectivity index is 2.22. The van der Waals surface area contributed by atoms with Crippen molar-refractivity contribution < 1.29 is 14.3 Å². The van der Waals surface area contributed by atoms with Gasteiger partial charge in [0, 0.05) is 36.3 Å². The average Bonchev–Trinajstić information content (AvgIpc) is 2.72. The molecule has 0 aliphatic carbocycles. The van der Waals surface area contributed by atoms with Crippen molar-refractivity contribution in [3.63, 3.8) is 0 Å². The Bertz CT molecular complexity index is 484. The lowest BCUT2D eigenvalue weighted by atomic mass is 9.96. The first-order valence-corrected chi connectivity index (χ1v) is 6.63. The number of amides is 1. The predicted octanol–water partition coefficient (Wildman–Crippen LogP) is 2.05. The smallest absolute Gasteiger partial charge is 0.407 e. The van der Waals surface area contributed by atoms with Gasteiger partial charge in [-0.2, -0.15) is 0 Å². The number of nitrogens with one attached hydrogen (secondary N) is 1. The summed E-state index contributed by atoms with van der Waals surface area (Å²) >= 11 is 0. The second-order valence-electron chi connectivity index (χ2n) is 6.20. The fraction of sp³-hybridized carbons (Fsp3) is 0.571. The molecule has 1 fully saturated rings. The monoisotopic (exact) mass is 281 g/mol. The summed E-state index contributed by atoms with van der Waals surface area (Å²) in [5, 5.41) is 12.6. The van der Waals surface area contributed by atoms with E-state index in [1.807, 2.05) is 20.8 Å². The van der Waals surface area contributed by atoms with Crippen molar-refractivity contribution in [2.24, 2.45) is 0 Å². The number of aromatic nitrogens is 1. The number of rotatable bonds is 2. The zero-order valence-electron chi connectivity index (χ0n) is 11.9. The lowest BCUT2D eigenvalue weighted by Crippen LogP contribution is -2.47. The van der Waals surface area contributed by atoms with E-state index in [0.29, 0.717) is 13.1 Å². The third-order valence-electron chi connectivity index (χ3n) is 3.34. The fourth-order valence-corrected chi connectivity index (χ4v) is 2.57. The minimum atomic E-state index is -0.935. The summed E-state index contributed by atoms with van der Waals surface area (Å²) in [5.74, 6) is -0.451. The summed E-state index contributed by atoms with van der Waals surface area (Å²) < 4.78 is 13.0. The van der Waals surface area contributed by atoms with E-state index in [2.05, 4.69) is 10.3 Å². The molecular formula is C14H20FN3O2. The first kappa shape index (κ1) is 14.7. The summed E-state index contributed by atoms with van der Waals surface area (Å²) in [6.07, 6.45) is 0.239. The van der Waals surface area contributed by atoms with Crippen LogP contribution in [0.25, 0.3) is 0 Å². The highest BCUT2D eigenvalue weighted by Gasteiger charge is 2.38. The van der Waals surface area contributed by atoms with Gasteiger partial charge < -0.3 is 15.3 Å². The number of pyridine rings is 1. The molecule has 5 nitrogen and oxygen atoms in total. The maximum atomic E-state index is 13.0. The molecule has 110 valence electrons. The molecule has 1 saturated heterocycles. The van der Waals surface area contributed by atoms with Crippen LogP contribution in [-0.4, -0.2) is 45.8 Å². The highest BCUT2D eigenvalue weighted by atomic mass is 19.1. The molecule has 1 aromatic heterocycles. The van der Waals surface area contributed by atoms with Gasteiger partial charge in [-0.15, -0.1) is 0 Å². The first-order valence-electron chi connectivity index (χ1n) is 6.63. The maximum Gasteiger partial charge on any atom is 0.407 e. The quantitative estimate of drug-likeness (QED) is 0.871. The Morgan fingerprint density at radius 1 is 1.45 bits per heavy atom. The van der Waals surface area contributed by atoms with Gasteiger partial charge >= 0.3 is 6.09 Å². The van der Waals surface area contributed by atoms with Gasteiger partial charge in [0.15, 0.2) is 0 Å². The van der Waals surface area contributed by atoms with Gasteiger partial charge in [-0.25, -0.2) is 9.18 Å². The molecule has 1 aliphatic heterocycles. The number of nitrogens with zero attached hydrogens (tertiary/aromatic N) is 2. The van der Waals surface area contributed by atoms with Crippen LogP contribution in [0.1, 0.15) is 32.4 Å². The average molecular weight is 281 g/mol. The maximum absolute atomic E-state index is 13.0. The van der Waals surface area contributed by atoms with E-state index >= 15 is 0 Å². The molecule has 0 spiro atoms. The van der Waals surface area contributed by atoms with Crippen molar-refractivity contribution in [3.8, 4) is 0 Å². The van der Waals surface area contributed by atoms with Crippen molar-refractivity contribution in [1.82, 2.24) is 15.2 Å². The molecule has 0 saturated carbocycles. The number of carboxylic acid groups (broad SMARTS) is 1. The molecule has 1 amide bonds. The number of halogens is 1. The molecule has 20 heavy (non-hydrogen) atoms.